The first-order valence-corrected chi connectivity index (χ1v) is 8.35. The fourth-order valence-corrected chi connectivity index (χ4v) is 2.48. The zero-order valence-electron chi connectivity index (χ0n) is 14.8. The van der Waals surface area contributed by atoms with Crippen molar-refractivity contribution in [3.05, 3.63) is 83.7 Å². The minimum absolute atomic E-state index is 0.200. The predicted octanol–water partition coefficient (Wildman–Crippen LogP) is 4.07. The van der Waals surface area contributed by atoms with E-state index in [1.165, 1.54) is 5.56 Å². The molecule has 0 atom stereocenters. The second-order valence-corrected chi connectivity index (χ2v) is 5.93. The van der Waals surface area contributed by atoms with Crippen LogP contribution in [-0.2, 0) is 6.54 Å². The number of anilines is 2. The van der Waals surface area contributed by atoms with Gasteiger partial charge in [-0.1, -0.05) is 42.0 Å². The Bertz CT molecular complexity index is 875. The van der Waals surface area contributed by atoms with E-state index in [0.29, 0.717) is 12.2 Å². The van der Waals surface area contributed by atoms with Gasteiger partial charge in [-0.3, -0.25) is 4.79 Å². The maximum atomic E-state index is 12.2. The number of benzene rings is 2. The quantitative estimate of drug-likeness (QED) is 0.705. The summed E-state index contributed by atoms with van der Waals surface area (Å²) in [5.41, 5.74) is 4.25. The van der Waals surface area contributed by atoms with Gasteiger partial charge in [-0.25, -0.2) is 4.98 Å². The first-order chi connectivity index (χ1) is 12.7. The van der Waals surface area contributed by atoms with Crippen LogP contribution in [0.1, 0.15) is 21.6 Å². The lowest BCUT2D eigenvalue weighted by atomic mass is 10.1. The summed E-state index contributed by atoms with van der Waals surface area (Å²) in [5, 5.41) is 6.11. The SMILES string of the molecule is COc1ccccc1Nc1ccc(C(=O)NCc2ccc(C)cc2)nc1. The van der Waals surface area contributed by atoms with Gasteiger partial charge in [0.1, 0.15) is 11.4 Å². The van der Waals surface area contributed by atoms with Crippen LogP contribution in [-0.4, -0.2) is 18.0 Å². The van der Waals surface area contributed by atoms with Crippen molar-refractivity contribution in [2.24, 2.45) is 0 Å². The van der Waals surface area contributed by atoms with Crippen LogP contribution in [0, 0.1) is 6.92 Å². The third kappa shape index (κ3) is 4.39. The Morgan fingerprint density at radius 1 is 1.04 bits per heavy atom. The number of carbonyl (C=O) groups is 1. The number of para-hydroxylation sites is 2. The monoisotopic (exact) mass is 347 g/mol. The van der Waals surface area contributed by atoms with Gasteiger partial charge >= 0.3 is 0 Å². The van der Waals surface area contributed by atoms with E-state index in [1.54, 1.807) is 19.4 Å². The Morgan fingerprint density at radius 3 is 2.50 bits per heavy atom. The van der Waals surface area contributed by atoms with Crippen molar-refractivity contribution in [3.63, 3.8) is 0 Å². The average molecular weight is 347 g/mol. The van der Waals surface area contributed by atoms with Crippen molar-refractivity contribution in [2.45, 2.75) is 13.5 Å². The number of hydrogen-bond acceptors (Lipinski definition) is 4. The molecular formula is C21H21N3O2. The topological polar surface area (TPSA) is 63.2 Å². The Hall–Kier alpha value is -3.34. The van der Waals surface area contributed by atoms with Crippen LogP contribution in [0.2, 0.25) is 0 Å². The van der Waals surface area contributed by atoms with Crippen molar-refractivity contribution in [1.29, 1.82) is 0 Å². The first kappa shape index (κ1) is 17.5. The highest BCUT2D eigenvalue weighted by Gasteiger charge is 2.08. The zero-order valence-corrected chi connectivity index (χ0v) is 14.8. The summed E-state index contributed by atoms with van der Waals surface area (Å²) < 4.78 is 5.31. The molecular weight excluding hydrogens is 326 g/mol. The molecule has 26 heavy (non-hydrogen) atoms. The largest absolute Gasteiger partial charge is 0.495 e. The number of methoxy groups -OCH3 is 1. The molecule has 1 amide bonds. The molecule has 0 unspecified atom stereocenters. The van der Waals surface area contributed by atoms with E-state index >= 15 is 0 Å². The summed E-state index contributed by atoms with van der Waals surface area (Å²) in [6.07, 6.45) is 1.63. The second kappa shape index (κ2) is 8.16. The number of hydrogen-bond donors (Lipinski definition) is 2. The number of rotatable bonds is 6. The first-order valence-electron chi connectivity index (χ1n) is 8.35. The van der Waals surface area contributed by atoms with Crippen molar-refractivity contribution in [2.75, 3.05) is 12.4 Å². The molecule has 0 spiro atoms. The molecule has 2 N–H and O–H groups in total. The van der Waals surface area contributed by atoms with Crippen molar-refractivity contribution >= 4 is 17.3 Å². The van der Waals surface area contributed by atoms with E-state index in [0.717, 1.165) is 22.7 Å². The molecule has 1 aromatic heterocycles. The van der Waals surface area contributed by atoms with Crippen LogP contribution in [0.5, 0.6) is 5.75 Å². The molecule has 0 radical (unpaired) electrons. The second-order valence-electron chi connectivity index (χ2n) is 5.93. The van der Waals surface area contributed by atoms with Gasteiger partial charge in [-0.2, -0.15) is 0 Å². The molecule has 0 saturated carbocycles. The normalized spacial score (nSPS) is 10.2. The lowest BCUT2D eigenvalue weighted by molar-refractivity contribution is 0.0946. The van der Waals surface area contributed by atoms with E-state index in [2.05, 4.69) is 15.6 Å². The van der Waals surface area contributed by atoms with E-state index < -0.39 is 0 Å². The predicted molar refractivity (Wildman–Crippen MR) is 103 cm³/mol. The Kier molecular flexibility index (Phi) is 5.49. The smallest absolute Gasteiger partial charge is 0.270 e. The van der Waals surface area contributed by atoms with E-state index in [9.17, 15) is 4.79 Å². The highest BCUT2D eigenvalue weighted by atomic mass is 16.5. The van der Waals surface area contributed by atoms with Gasteiger partial charge in [0.05, 0.1) is 24.7 Å². The van der Waals surface area contributed by atoms with Crippen LogP contribution in [0.15, 0.2) is 66.9 Å². The van der Waals surface area contributed by atoms with E-state index in [-0.39, 0.29) is 5.91 Å². The average Bonchev–Trinajstić information content (AvgIpc) is 2.68. The molecule has 2 aromatic carbocycles. The summed E-state index contributed by atoms with van der Waals surface area (Å²) in [6.45, 7) is 2.51. The van der Waals surface area contributed by atoms with Gasteiger partial charge in [0.25, 0.3) is 5.91 Å². The summed E-state index contributed by atoms with van der Waals surface area (Å²) in [5.74, 6) is 0.543. The minimum Gasteiger partial charge on any atom is -0.495 e. The van der Waals surface area contributed by atoms with Gasteiger partial charge in [0.15, 0.2) is 0 Å². The van der Waals surface area contributed by atoms with Gasteiger partial charge in [-0.05, 0) is 36.8 Å². The van der Waals surface area contributed by atoms with Gasteiger partial charge < -0.3 is 15.4 Å². The Labute approximate surface area is 153 Å². The van der Waals surface area contributed by atoms with Gasteiger partial charge in [-0.15, -0.1) is 0 Å². The molecule has 3 rings (SSSR count). The number of pyridine rings is 1. The number of nitrogens with zero attached hydrogens (tertiary/aromatic N) is 1. The molecule has 132 valence electrons. The molecule has 0 fully saturated rings. The molecule has 5 heteroatoms. The third-order valence-corrected chi connectivity index (χ3v) is 3.96. The van der Waals surface area contributed by atoms with Crippen LogP contribution < -0.4 is 15.4 Å². The van der Waals surface area contributed by atoms with Gasteiger partial charge in [0.2, 0.25) is 0 Å². The number of ether oxygens (including phenoxy) is 1. The Morgan fingerprint density at radius 2 is 1.81 bits per heavy atom. The molecule has 3 aromatic rings. The number of aryl methyl sites for hydroxylation is 1. The van der Waals surface area contributed by atoms with Crippen LogP contribution in [0.3, 0.4) is 0 Å². The molecule has 0 aliphatic carbocycles. The number of amides is 1. The maximum Gasteiger partial charge on any atom is 0.270 e. The number of nitrogens with one attached hydrogen (secondary N) is 2. The zero-order chi connectivity index (χ0) is 18.4. The molecule has 5 nitrogen and oxygen atoms in total. The Balaban J connectivity index is 1.61. The fourth-order valence-electron chi connectivity index (χ4n) is 2.48. The summed E-state index contributed by atoms with van der Waals surface area (Å²) in [4.78, 5) is 16.5. The summed E-state index contributed by atoms with van der Waals surface area (Å²) in [7, 11) is 1.63. The highest BCUT2D eigenvalue weighted by Crippen LogP contribution is 2.26. The molecule has 0 saturated heterocycles. The summed E-state index contributed by atoms with van der Waals surface area (Å²) >= 11 is 0. The van der Waals surface area contributed by atoms with Crippen LogP contribution in [0.25, 0.3) is 0 Å². The molecule has 1 heterocycles. The fraction of sp³-hybridized carbons (Fsp3) is 0.143. The summed E-state index contributed by atoms with van der Waals surface area (Å²) in [6, 6.07) is 19.2. The highest BCUT2D eigenvalue weighted by molar-refractivity contribution is 5.92. The van der Waals surface area contributed by atoms with Crippen LogP contribution in [0.4, 0.5) is 11.4 Å². The number of carbonyl (C=O) groups excluding carboxylic acids is 1. The number of aromatic nitrogens is 1. The maximum absolute atomic E-state index is 12.2. The molecule has 0 bridgehead atoms. The minimum atomic E-state index is -0.200. The standard InChI is InChI=1S/C21H21N3O2/c1-15-7-9-16(10-8-15)13-23-21(25)19-12-11-17(14-22-19)24-18-5-3-4-6-20(18)26-2/h3-12,14,24H,13H2,1-2H3,(H,23,25). The molecule has 0 aliphatic rings. The van der Waals surface area contributed by atoms with E-state index in [1.807, 2.05) is 61.5 Å². The van der Waals surface area contributed by atoms with E-state index in [4.69, 9.17) is 4.74 Å². The molecule has 0 aliphatic heterocycles. The van der Waals surface area contributed by atoms with Crippen molar-refractivity contribution < 1.29 is 9.53 Å². The third-order valence-electron chi connectivity index (χ3n) is 3.96. The van der Waals surface area contributed by atoms with Gasteiger partial charge in [0, 0.05) is 6.54 Å². The lowest BCUT2D eigenvalue weighted by Crippen LogP contribution is -2.23. The van der Waals surface area contributed by atoms with Crippen molar-refractivity contribution in [3.8, 4) is 5.75 Å². The van der Waals surface area contributed by atoms with Crippen molar-refractivity contribution in [1.82, 2.24) is 10.3 Å². The van der Waals surface area contributed by atoms with Crippen LogP contribution >= 0.6 is 0 Å². The lowest BCUT2D eigenvalue weighted by Gasteiger charge is -2.11.